The van der Waals surface area contributed by atoms with Gasteiger partial charge in [-0.15, -0.1) is 11.8 Å². The molecule has 0 spiro atoms. The third-order valence-corrected chi connectivity index (χ3v) is 5.87. The minimum Gasteiger partial charge on any atom is -0.324 e. The predicted octanol–water partition coefficient (Wildman–Crippen LogP) is 4.58. The monoisotopic (exact) mass is 395 g/mol. The zero-order valence-corrected chi connectivity index (χ0v) is 17.1. The number of carbonyl (C=O) groups is 1. The Bertz CT molecular complexity index is 986. The van der Waals surface area contributed by atoms with Gasteiger partial charge in [-0.1, -0.05) is 13.0 Å². The average molecular weight is 396 g/mol. The molecule has 28 heavy (non-hydrogen) atoms. The van der Waals surface area contributed by atoms with Gasteiger partial charge in [0.05, 0.1) is 0 Å². The Morgan fingerprint density at radius 3 is 3.04 bits per heavy atom. The number of carbonyl (C=O) groups excluding carboxylic acids is 1. The number of imidazole rings is 1. The molecule has 2 amide bonds. The summed E-state index contributed by atoms with van der Waals surface area (Å²) in [5.41, 5.74) is 2.71. The minimum atomic E-state index is -0.0444. The van der Waals surface area contributed by atoms with Crippen molar-refractivity contribution >= 4 is 34.6 Å². The highest BCUT2D eigenvalue weighted by Gasteiger charge is 2.31. The predicted molar refractivity (Wildman–Crippen MR) is 114 cm³/mol. The molecule has 146 valence electrons. The zero-order valence-electron chi connectivity index (χ0n) is 16.3. The van der Waals surface area contributed by atoms with Crippen molar-refractivity contribution in [1.82, 2.24) is 19.4 Å². The number of thioether (sulfide) groups is 1. The highest BCUT2D eigenvalue weighted by Crippen LogP contribution is 2.30. The first-order valence-electron chi connectivity index (χ1n) is 9.70. The Hall–Kier alpha value is -2.54. The van der Waals surface area contributed by atoms with E-state index in [9.17, 15) is 4.79 Å². The molecule has 0 unspecified atom stereocenters. The molecule has 1 aromatic carbocycles. The number of nitrogens with zero attached hydrogens (tertiary/aromatic N) is 4. The summed E-state index contributed by atoms with van der Waals surface area (Å²) in [5.74, 6) is 1.29. The Morgan fingerprint density at radius 2 is 2.21 bits per heavy atom. The van der Waals surface area contributed by atoms with Gasteiger partial charge in [0.25, 0.3) is 0 Å². The smallest absolute Gasteiger partial charge is 0.321 e. The summed E-state index contributed by atoms with van der Waals surface area (Å²) in [6.07, 6.45) is 5.79. The van der Waals surface area contributed by atoms with Crippen molar-refractivity contribution in [1.29, 1.82) is 0 Å². The van der Waals surface area contributed by atoms with E-state index in [1.807, 2.05) is 53.8 Å². The van der Waals surface area contributed by atoms with Crippen molar-refractivity contribution in [2.45, 2.75) is 37.1 Å². The summed E-state index contributed by atoms with van der Waals surface area (Å²) in [7, 11) is 0. The van der Waals surface area contributed by atoms with Gasteiger partial charge in [0.15, 0.2) is 5.65 Å². The molecule has 1 aliphatic rings. The number of nitrogens with one attached hydrogen (secondary N) is 1. The summed E-state index contributed by atoms with van der Waals surface area (Å²) in [6, 6.07) is 11.8. The van der Waals surface area contributed by atoms with E-state index >= 15 is 0 Å². The van der Waals surface area contributed by atoms with Crippen LogP contribution in [0.3, 0.4) is 0 Å². The van der Waals surface area contributed by atoms with Crippen LogP contribution in [0, 0.1) is 0 Å². The molecule has 1 atom stereocenters. The number of hydrogen-bond acceptors (Lipinski definition) is 4. The van der Waals surface area contributed by atoms with Crippen LogP contribution in [-0.4, -0.2) is 44.8 Å². The maximum atomic E-state index is 12.7. The molecular formula is C21H25N5OS. The molecule has 0 radical (unpaired) electrons. The topological polar surface area (TPSA) is 63.1 Å². The zero-order chi connectivity index (χ0) is 19.5. The van der Waals surface area contributed by atoms with E-state index in [1.165, 1.54) is 0 Å². The van der Waals surface area contributed by atoms with Crippen LogP contribution in [0.4, 0.5) is 10.5 Å². The molecule has 0 saturated carbocycles. The Kier molecular flexibility index (Phi) is 5.52. The third-order valence-electron chi connectivity index (χ3n) is 5.14. The molecule has 3 heterocycles. The van der Waals surface area contributed by atoms with Crippen molar-refractivity contribution in [2.75, 3.05) is 24.7 Å². The maximum absolute atomic E-state index is 12.7. The summed E-state index contributed by atoms with van der Waals surface area (Å²) in [4.78, 5) is 25.1. The first-order chi connectivity index (χ1) is 13.7. The van der Waals surface area contributed by atoms with Gasteiger partial charge in [-0.3, -0.25) is 0 Å². The Morgan fingerprint density at radius 1 is 1.32 bits per heavy atom. The van der Waals surface area contributed by atoms with Gasteiger partial charge in [0, 0.05) is 42.3 Å². The first-order valence-corrected chi connectivity index (χ1v) is 10.9. The maximum Gasteiger partial charge on any atom is 0.321 e. The Labute approximate surface area is 169 Å². The van der Waals surface area contributed by atoms with E-state index in [2.05, 4.69) is 21.8 Å². The molecule has 0 bridgehead atoms. The number of fused-ring (bicyclic) bond motifs is 1. The molecule has 3 aromatic rings. The fourth-order valence-corrected chi connectivity index (χ4v) is 4.25. The lowest BCUT2D eigenvalue weighted by Crippen LogP contribution is -2.33. The number of anilines is 1. The summed E-state index contributed by atoms with van der Waals surface area (Å²) in [5, 5.41) is 3.03. The number of benzene rings is 1. The second-order valence-corrected chi connectivity index (χ2v) is 7.94. The Balaban J connectivity index is 1.50. The molecule has 1 aliphatic heterocycles. The van der Waals surface area contributed by atoms with Gasteiger partial charge < -0.3 is 14.8 Å². The molecule has 7 heteroatoms. The van der Waals surface area contributed by atoms with Gasteiger partial charge in [-0.05, 0) is 49.4 Å². The van der Waals surface area contributed by atoms with Gasteiger partial charge >= 0.3 is 6.03 Å². The van der Waals surface area contributed by atoms with Crippen molar-refractivity contribution in [3.63, 3.8) is 0 Å². The molecule has 1 saturated heterocycles. The van der Waals surface area contributed by atoms with E-state index in [4.69, 9.17) is 4.98 Å². The van der Waals surface area contributed by atoms with Gasteiger partial charge in [-0.25, -0.2) is 14.8 Å². The number of aromatic nitrogens is 3. The highest BCUT2D eigenvalue weighted by molar-refractivity contribution is 7.98. The van der Waals surface area contributed by atoms with Crippen molar-refractivity contribution in [2.24, 2.45) is 0 Å². The van der Waals surface area contributed by atoms with Crippen molar-refractivity contribution in [3.05, 3.63) is 48.4 Å². The summed E-state index contributed by atoms with van der Waals surface area (Å²) >= 11 is 1.67. The number of hydrogen-bond donors (Lipinski definition) is 1. The van der Waals surface area contributed by atoms with Gasteiger partial charge in [-0.2, -0.15) is 0 Å². The summed E-state index contributed by atoms with van der Waals surface area (Å²) in [6.45, 7) is 4.48. The van der Waals surface area contributed by atoms with Crippen LogP contribution in [0.2, 0.25) is 0 Å². The van der Waals surface area contributed by atoms with Crippen LogP contribution in [0.1, 0.15) is 31.5 Å². The molecule has 6 nitrogen and oxygen atoms in total. The number of amides is 2. The molecule has 1 N–H and O–H groups in total. The number of urea groups is 1. The van der Waals surface area contributed by atoms with Crippen LogP contribution < -0.4 is 5.32 Å². The number of pyridine rings is 1. The van der Waals surface area contributed by atoms with Crippen LogP contribution in [-0.2, 0) is 6.54 Å². The average Bonchev–Trinajstić information content (AvgIpc) is 3.34. The van der Waals surface area contributed by atoms with Crippen molar-refractivity contribution < 1.29 is 4.79 Å². The molecule has 1 fully saturated rings. The fraction of sp³-hybridized carbons (Fsp3) is 0.381. The van der Waals surface area contributed by atoms with Crippen LogP contribution >= 0.6 is 11.8 Å². The van der Waals surface area contributed by atoms with E-state index in [0.717, 1.165) is 53.5 Å². The minimum absolute atomic E-state index is 0.0444. The standard InChI is InChI=1S/C21H25N5OS/c1-3-11-26-19(24-18-8-5-10-22-20(18)26)15-9-12-25(14-15)21(27)23-16-6-4-7-17(13-16)28-2/h4-8,10,13,15H,3,9,11-12,14H2,1-2H3,(H,23,27)/t15-/m0/s1. The SMILES string of the molecule is CCCn1c([C@H]2CCN(C(=O)Nc3cccc(SC)c3)C2)nc2cccnc21. The fourth-order valence-electron chi connectivity index (χ4n) is 3.79. The number of likely N-dealkylation sites (tertiary alicyclic amines) is 1. The first kappa shape index (κ1) is 18.8. The van der Waals surface area contributed by atoms with Crippen molar-refractivity contribution in [3.8, 4) is 0 Å². The van der Waals surface area contributed by atoms with Crippen LogP contribution in [0.15, 0.2) is 47.5 Å². The third kappa shape index (κ3) is 3.71. The number of aryl methyl sites for hydroxylation is 1. The van der Waals surface area contributed by atoms with E-state index in [1.54, 1.807) is 11.8 Å². The van der Waals surface area contributed by atoms with E-state index in [0.29, 0.717) is 6.54 Å². The molecule has 2 aromatic heterocycles. The second-order valence-electron chi connectivity index (χ2n) is 7.06. The quantitative estimate of drug-likeness (QED) is 0.642. The lowest BCUT2D eigenvalue weighted by atomic mass is 10.1. The highest BCUT2D eigenvalue weighted by atomic mass is 32.2. The molecule has 0 aliphatic carbocycles. The molecular weight excluding hydrogens is 370 g/mol. The van der Waals surface area contributed by atoms with E-state index < -0.39 is 0 Å². The molecule has 4 rings (SSSR count). The second kappa shape index (κ2) is 8.22. The van der Waals surface area contributed by atoms with Gasteiger partial charge in [0.2, 0.25) is 0 Å². The summed E-state index contributed by atoms with van der Waals surface area (Å²) < 4.78 is 2.23. The largest absolute Gasteiger partial charge is 0.324 e. The van der Waals surface area contributed by atoms with Crippen LogP contribution in [0.25, 0.3) is 11.2 Å². The number of rotatable bonds is 5. The van der Waals surface area contributed by atoms with Crippen LogP contribution in [0.5, 0.6) is 0 Å². The lowest BCUT2D eigenvalue weighted by Gasteiger charge is -2.18. The lowest BCUT2D eigenvalue weighted by molar-refractivity contribution is 0.222. The van der Waals surface area contributed by atoms with Gasteiger partial charge in [0.1, 0.15) is 11.3 Å². The van der Waals surface area contributed by atoms with E-state index in [-0.39, 0.29) is 11.9 Å². The normalized spacial score (nSPS) is 16.6.